The monoisotopic (exact) mass is 429 g/mol. The molecule has 0 bridgehead atoms. The summed E-state index contributed by atoms with van der Waals surface area (Å²) in [6, 6.07) is 11.5. The van der Waals surface area contributed by atoms with E-state index in [9.17, 15) is 20.4 Å². The lowest BCUT2D eigenvalue weighted by Gasteiger charge is -2.42. The van der Waals surface area contributed by atoms with E-state index in [-0.39, 0.29) is 6.61 Å². The van der Waals surface area contributed by atoms with E-state index < -0.39 is 36.4 Å². The van der Waals surface area contributed by atoms with Crippen LogP contribution in [0.4, 0.5) is 0 Å². The minimum atomic E-state index is -1.30. The number of aryl methyl sites for hydroxylation is 2. The number of aliphatic hydroxyl groups is 4. The van der Waals surface area contributed by atoms with Gasteiger partial charge in [0.15, 0.2) is 17.8 Å². The van der Waals surface area contributed by atoms with Gasteiger partial charge in [0, 0.05) is 17.9 Å². The largest absolute Gasteiger partial charge is 0.396 e. The van der Waals surface area contributed by atoms with Crippen LogP contribution in [0.5, 0.6) is 0 Å². The molecule has 8 nitrogen and oxygen atoms in total. The van der Waals surface area contributed by atoms with Gasteiger partial charge in [-0.15, -0.1) is 0 Å². The van der Waals surface area contributed by atoms with Crippen LogP contribution in [0, 0.1) is 19.8 Å². The van der Waals surface area contributed by atoms with Gasteiger partial charge >= 0.3 is 0 Å². The summed E-state index contributed by atoms with van der Waals surface area (Å²) in [5.74, 6) is -0.538. The van der Waals surface area contributed by atoms with E-state index in [0.717, 1.165) is 33.4 Å². The molecule has 8 heteroatoms. The predicted octanol–water partition coefficient (Wildman–Crippen LogP) is 2.19. The summed E-state index contributed by atoms with van der Waals surface area (Å²) in [5, 5.41) is 45.5. The van der Waals surface area contributed by atoms with Gasteiger partial charge in [-0.2, -0.15) is 0 Å². The van der Waals surface area contributed by atoms with Gasteiger partial charge in [-0.3, -0.25) is 0 Å². The molecule has 0 radical (unpaired) electrons. The molecule has 1 saturated heterocycles. The zero-order chi connectivity index (χ0) is 22.3. The Morgan fingerprint density at radius 2 is 1.65 bits per heavy atom. The maximum Gasteiger partial charge on any atom is 0.167 e. The first-order valence-corrected chi connectivity index (χ1v) is 10.3. The molecule has 1 aliphatic rings. The number of benzene rings is 2. The molecule has 6 atom stereocenters. The Morgan fingerprint density at radius 1 is 0.968 bits per heavy atom. The number of hydrogen-bond donors (Lipinski definition) is 4. The van der Waals surface area contributed by atoms with E-state index in [4.69, 9.17) is 14.3 Å². The number of rotatable bonds is 7. The van der Waals surface area contributed by atoms with Gasteiger partial charge in [-0.05, 0) is 48.2 Å². The molecule has 166 valence electrons. The number of nitrogens with zero attached hydrogens (tertiary/aromatic N) is 1. The van der Waals surface area contributed by atoms with Crippen LogP contribution in [0.25, 0.3) is 22.1 Å². The van der Waals surface area contributed by atoms with Crippen molar-refractivity contribution >= 4 is 11.0 Å². The van der Waals surface area contributed by atoms with Crippen molar-refractivity contribution in [3.63, 3.8) is 0 Å². The average Bonchev–Trinajstić information content (AvgIpc) is 3.11. The molecule has 4 N–H and O–H groups in total. The zero-order valence-corrected chi connectivity index (χ0v) is 17.6. The molecular formula is C23H27NO7. The normalized spacial score (nSPS) is 22.7. The third-order valence-corrected chi connectivity index (χ3v) is 6.04. The van der Waals surface area contributed by atoms with Crippen LogP contribution in [-0.4, -0.2) is 56.6 Å². The van der Waals surface area contributed by atoms with Crippen molar-refractivity contribution < 1.29 is 34.7 Å². The molecule has 0 aliphatic carbocycles. The Morgan fingerprint density at radius 3 is 2.29 bits per heavy atom. The Hall–Kier alpha value is -2.33. The summed E-state index contributed by atoms with van der Waals surface area (Å²) in [5.41, 5.74) is 5.02. The summed E-state index contributed by atoms with van der Waals surface area (Å²) >= 11 is 0. The quantitative estimate of drug-likeness (QED) is 0.421. The van der Waals surface area contributed by atoms with Crippen LogP contribution < -0.4 is 0 Å². The molecule has 0 amide bonds. The maximum absolute atomic E-state index is 10.9. The van der Waals surface area contributed by atoms with Gasteiger partial charge in [0.1, 0.15) is 12.2 Å². The Kier molecular flexibility index (Phi) is 6.11. The summed E-state index contributed by atoms with van der Waals surface area (Å²) in [4.78, 5) is 10.0. The van der Waals surface area contributed by atoms with E-state index in [2.05, 4.69) is 5.16 Å². The molecule has 5 unspecified atom stereocenters. The van der Waals surface area contributed by atoms with Crippen molar-refractivity contribution in [3.8, 4) is 11.1 Å². The van der Waals surface area contributed by atoms with Crippen LogP contribution in [0.15, 0.2) is 40.9 Å². The lowest BCUT2D eigenvalue weighted by atomic mass is 9.88. The molecule has 3 aromatic rings. The first-order valence-electron chi connectivity index (χ1n) is 10.3. The SMILES string of the molecule is Cc1cc(-c2ccc3onc(C)c3c2)ccc1[C@@H](O)C1OOC1C(O)C(O)C(C)CO. The van der Waals surface area contributed by atoms with E-state index in [1.54, 1.807) is 6.92 Å². The van der Waals surface area contributed by atoms with Crippen molar-refractivity contribution in [1.29, 1.82) is 0 Å². The highest BCUT2D eigenvalue weighted by molar-refractivity contribution is 5.85. The Labute approximate surface area is 179 Å². The fourth-order valence-electron chi connectivity index (χ4n) is 3.91. The van der Waals surface area contributed by atoms with Gasteiger partial charge in [-0.25, -0.2) is 9.78 Å². The fraction of sp³-hybridized carbons (Fsp3) is 0.435. The predicted molar refractivity (Wildman–Crippen MR) is 112 cm³/mol. The second-order valence-electron chi connectivity index (χ2n) is 8.26. The lowest BCUT2D eigenvalue weighted by Crippen LogP contribution is -2.58. The van der Waals surface area contributed by atoms with Crippen molar-refractivity contribution in [2.75, 3.05) is 6.61 Å². The van der Waals surface area contributed by atoms with Crippen molar-refractivity contribution in [3.05, 3.63) is 53.2 Å². The van der Waals surface area contributed by atoms with Crippen molar-refractivity contribution in [2.24, 2.45) is 5.92 Å². The van der Waals surface area contributed by atoms with Crippen molar-refractivity contribution in [1.82, 2.24) is 5.16 Å². The molecule has 0 saturated carbocycles. The molecule has 1 aromatic heterocycles. The highest BCUT2D eigenvalue weighted by Gasteiger charge is 2.48. The molecule has 2 aromatic carbocycles. The van der Waals surface area contributed by atoms with Crippen LogP contribution in [0.1, 0.15) is 29.8 Å². The molecular weight excluding hydrogens is 402 g/mol. The smallest absolute Gasteiger partial charge is 0.167 e. The Balaban J connectivity index is 1.54. The standard InChI is InChI=1S/C23H27NO7/c1-11-8-14(15-5-7-18-17(9-15)13(3)24-29-18)4-6-16(11)20(27)22-23(31-30-22)21(28)19(26)12(2)10-25/h4-9,12,19-23,25-28H,10H2,1-3H3/t12?,19?,20-,21?,22?,23?/m1/s1. The van der Waals surface area contributed by atoms with E-state index in [1.807, 2.05) is 50.2 Å². The van der Waals surface area contributed by atoms with Gasteiger partial charge in [0.05, 0.1) is 11.8 Å². The summed E-state index contributed by atoms with van der Waals surface area (Å²) in [6.07, 6.45) is -5.29. The number of aliphatic hydroxyl groups excluding tert-OH is 4. The van der Waals surface area contributed by atoms with Crippen molar-refractivity contribution in [2.45, 2.75) is 51.3 Å². The highest BCUT2D eigenvalue weighted by atomic mass is 17.3. The maximum atomic E-state index is 10.9. The number of hydrogen-bond acceptors (Lipinski definition) is 8. The molecule has 4 rings (SSSR count). The minimum absolute atomic E-state index is 0.278. The molecule has 1 fully saturated rings. The zero-order valence-electron chi connectivity index (χ0n) is 17.6. The summed E-state index contributed by atoms with van der Waals surface area (Å²) in [7, 11) is 0. The van der Waals surface area contributed by atoms with Crippen LogP contribution >= 0.6 is 0 Å². The minimum Gasteiger partial charge on any atom is -0.396 e. The number of aromatic nitrogens is 1. The molecule has 31 heavy (non-hydrogen) atoms. The van der Waals surface area contributed by atoms with E-state index >= 15 is 0 Å². The van der Waals surface area contributed by atoms with Crippen LogP contribution in [-0.2, 0) is 9.78 Å². The summed E-state index contributed by atoms with van der Waals surface area (Å²) in [6.45, 7) is 5.11. The molecule has 1 aliphatic heterocycles. The highest BCUT2D eigenvalue weighted by Crippen LogP contribution is 2.36. The van der Waals surface area contributed by atoms with Crippen LogP contribution in [0.3, 0.4) is 0 Å². The van der Waals surface area contributed by atoms with Gasteiger partial charge < -0.3 is 24.9 Å². The van der Waals surface area contributed by atoms with Gasteiger partial charge in [-0.1, -0.05) is 36.3 Å². The second-order valence-corrected chi connectivity index (χ2v) is 8.26. The molecule has 2 heterocycles. The third kappa shape index (κ3) is 3.98. The fourth-order valence-corrected chi connectivity index (χ4v) is 3.91. The molecule has 0 spiro atoms. The van der Waals surface area contributed by atoms with Gasteiger partial charge in [0.2, 0.25) is 0 Å². The third-order valence-electron chi connectivity index (χ3n) is 6.04. The lowest BCUT2D eigenvalue weighted by molar-refractivity contribution is -0.493. The van der Waals surface area contributed by atoms with Crippen LogP contribution in [0.2, 0.25) is 0 Å². The van der Waals surface area contributed by atoms with E-state index in [0.29, 0.717) is 5.56 Å². The Bertz CT molecular complexity index is 1070. The first kappa shape index (κ1) is 21.9. The average molecular weight is 429 g/mol. The number of fused-ring (bicyclic) bond motifs is 1. The topological polar surface area (TPSA) is 125 Å². The van der Waals surface area contributed by atoms with E-state index in [1.165, 1.54) is 0 Å². The van der Waals surface area contributed by atoms with Gasteiger partial charge in [0.25, 0.3) is 0 Å². The first-order chi connectivity index (χ1) is 14.8. The second kappa shape index (κ2) is 8.66. The summed E-state index contributed by atoms with van der Waals surface area (Å²) < 4.78 is 5.27.